The number of methoxy groups -OCH3 is 2. The van der Waals surface area contributed by atoms with E-state index in [0.717, 1.165) is 0 Å². The quantitative estimate of drug-likeness (QED) is 0.603. The molecule has 1 aliphatic rings. The van der Waals surface area contributed by atoms with Gasteiger partial charge in [-0.2, -0.15) is 5.48 Å². The standard InChI is InChI=1S/C8H13NO5/c1-8(7(11)13-3)4-5(9-14-8)6(10)12-2/h5,9H,4H2,1-3H3. The van der Waals surface area contributed by atoms with E-state index in [2.05, 4.69) is 15.0 Å². The highest BCUT2D eigenvalue weighted by Crippen LogP contribution is 2.25. The van der Waals surface area contributed by atoms with E-state index in [4.69, 9.17) is 4.84 Å². The second-order valence-corrected chi connectivity index (χ2v) is 3.22. The van der Waals surface area contributed by atoms with Crippen LogP contribution in [0.25, 0.3) is 0 Å². The van der Waals surface area contributed by atoms with Crippen LogP contribution in [-0.2, 0) is 23.9 Å². The fourth-order valence-electron chi connectivity index (χ4n) is 1.29. The molecule has 14 heavy (non-hydrogen) atoms. The Morgan fingerprint density at radius 2 is 2.07 bits per heavy atom. The number of ether oxygens (including phenoxy) is 2. The molecule has 0 radical (unpaired) electrons. The van der Waals surface area contributed by atoms with Gasteiger partial charge in [-0.05, 0) is 6.92 Å². The minimum absolute atomic E-state index is 0.201. The molecule has 0 spiro atoms. The zero-order valence-corrected chi connectivity index (χ0v) is 8.33. The van der Waals surface area contributed by atoms with Crippen molar-refractivity contribution in [1.82, 2.24) is 5.48 Å². The van der Waals surface area contributed by atoms with Crippen LogP contribution in [0.3, 0.4) is 0 Å². The minimum atomic E-state index is -1.12. The Morgan fingerprint density at radius 1 is 1.43 bits per heavy atom. The van der Waals surface area contributed by atoms with Crippen LogP contribution in [0.1, 0.15) is 13.3 Å². The van der Waals surface area contributed by atoms with Crippen molar-refractivity contribution in [2.24, 2.45) is 0 Å². The van der Waals surface area contributed by atoms with Gasteiger partial charge in [-0.15, -0.1) is 0 Å². The fraction of sp³-hybridized carbons (Fsp3) is 0.750. The van der Waals surface area contributed by atoms with Crippen molar-refractivity contribution in [3.63, 3.8) is 0 Å². The van der Waals surface area contributed by atoms with Crippen molar-refractivity contribution >= 4 is 11.9 Å². The first kappa shape index (κ1) is 10.9. The second kappa shape index (κ2) is 3.93. The molecule has 0 bridgehead atoms. The normalized spacial score (nSPS) is 31.2. The largest absolute Gasteiger partial charge is 0.468 e. The second-order valence-electron chi connectivity index (χ2n) is 3.22. The summed E-state index contributed by atoms with van der Waals surface area (Å²) in [6, 6.07) is -0.621. The Labute approximate surface area is 81.5 Å². The molecule has 0 aromatic carbocycles. The van der Waals surface area contributed by atoms with Crippen molar-refractivity contribution < 1.29 is 23.9 Å². The zero-order chi connectivity index (χ0) is 10.8. The number of esters is 2. The van der Waals surface area contributed by atoms with Crippen molar-refractivity contribution in [2.45, 2.75) is 25.0 Å². The third-order valence-electron chi connectivity index (χ3n) is 2.12. The van der Waals surface area contributed by atoms with E-state index < -0.39 is 23.6 Å². The Morgan fingerprint density at radius 3 is 2.57 bits per heavy atom. The van der Waals surface area contributed by atoms with Gasteiger partial charge in [-0.1, -0.05) is 0 Å². The average Bonchev–Trinajstić information content (AvgIpc) is 2.60. The molecule has 0 amide bonds. The zero-order valence-electron chi connectivity index (χ0n) is 8.33. The maximum absolute atomic E-state index is 11.3. The summed E-state index contributed by atoms with van der Waals surface area (Å²) in [5.74, 6) is -0.978. The van der Waals surface area contributed by atoms with Crippen LogP contribution in [0.4, 0.5) is 0 Å². The lowest BCUT2D eigenvalue weighted by Gasteiger charge is -2.17. The van der Waals surface area contributed by atoms with Crippen molar-refractivity contribution in [2.75, 3.05) is 14.2 Å². The van der Waals surface area contributed by atoms with Crippen LogP contribution >= 0.6 is 0 Å². The lowest BCUT2D eigenvalue weighted by Crippen LogP contribution is -2.36. The van der Waals surface area contributed by atoms with Crippen molar-refractivity contribution in [3.05, 3.63) is 0 Å². The van der Waals surface area contributed by atoms with Crippen LogP contribution in [-0.4, -0.2) is 37.8 Å². The number of hydroxylamine groups is 1. The minimum Gasteiger partial charge on any atom is -0.468 e. The molecule has 6 heteroatoms. The van der Waals surface area contributed by atoms with Gasteiger partial charge in [0.2, 0.25) is 0 Å². The van der Waals surface area contributed by atoms with E-state index in [1.165, 1.54) is 14.2 Å². The highest BCUT2D eigenvalue weighted by Gasteiger charge is 2.47. The molecule has 1 heterocycles. The Balaban J connectivity index is 2.64. The maximum Gasteiger partial charge on any atom is 0.340 e. The summed E-state index contributed by atoms with van der Waals surface area (Å²) < 4.78 is 9.05. The molecule has 1 rings (SSSR count). The fourth-order valence-corrected chi connectivity index (χ4v) is 1.29. The molecule has 2 atom stereocenters. The topological polar surface area (TPSA) is 73.9 Å². The van der Waals surface area contributed by atoms with Gasteiger partial charge >= 0.3 is 11.9 Å². The van der Waals surface area contributed by atoms with Gasteiger partial charge in [0.1, 0.15) is 6.04 Å². The molecule has 1 saturated heterocycles. The Bertz CT molecular complexity index is 254. The summed E-state index contributed by atoms with van der Waals surface area (Å²) in [6.07, 6.45) is 0.201. The number of rotatable bonds is 2. The highest BCUT2D eigenvalue weighted by molar-refractivity contribution is 5.83. The van der Waals surface area contributed by atoms with E-state index in [1.807, 2.05) is 0 Å². The van der Waals surface area contributed by atoms with Gasteiger partial charge in [0.05, 0.1) is 14.2 Å². The lowest BCUT2D eigenvalue weighted by molar-refractivity contribution is -0.167. The van der Waals surface area contributed by atoms with E-state index in [9.17, 15) is 9.59 Å². The molecule has 1 aliphatic heterocycles. The first-order valence-electron chi connectivity index (χ1n) is 4.13. The Hall–Kier alpha value is -1.14. The molecule has 1 N–H and O–H groups in total. The summed E-state index contributed by atoms with van der Waals surface area (Å²) in [7, 11) is 2.54. The third-order valence-corrected chi connectivity index (χ3v) is 2.12. The SMILES string of the molecule is COC(=O)C1CC(C)(C(=O)OC)ON1. The molecule has 0 aromatic heterocycles. The van der Waals surface area contributed by atoms with Crippen LogP contribution in [0, 0.1) is 0 Å². The van der Waals surface area contributed by atoms with Gasteiger partial charge in [0.15, 0.2) is 5.60 Å². The molecule has 0 aromatic rings. The maximum atomic E-state index is 11.3. The van der Waals surface area contributed by atoms with Crippen LogP contribution < -0.4 is 5.48 Å². The number of carbonyl (C=O) groups is 2. The number of nitrogens with one attached hydrogen (secondary N) is 1. The van der Waals surface area contributed by atoms with Crippen LogP contribution in [0.2, 0.25) is 0 Å². The summed E-state index contributed by atoms with van der Waals surface area (Å²) in [5.41, 5.74) is 1.32. The summed E-state index contributed by atoms with van der Waals surface area (Å²) in [4.78, 5) is 27.4. The molecular formula is C8H13NO5. The first-order chi connectivity index (χ1) is 6.53. The van der Waals surface area contributed by atoms with E-state index in [1.54, 1.807) is 6.92 Å². The molecule has 0 aliphatic carbocycles. The van der Waals surface area contributed by atoms with E-state index in [0.29, 0.717) is 0 Å². The van der Waals surface area contributed by atoms with Gasteiger partial charge < -0.3 is 9.47 Å². The smallest absolute Gasteiger partial charge is 0.340 e. The van der Waals surface area contributed by atoms with Crippen molar-refractivity contribution in [3.8, 4) is 0 Å². The molecule has 2 unspecified atom stereocenters. The summed E-state index contributed by atoms with van der Waals surface area (Å²) in [5, 5.41) is 0. The molecule has 1 fully saturated rings. The number of carbonyl (C=O) groups excluding carboxylic acids is 2. The van der Waals surface area contributed by atoms with Gasteiger partial charge in [0, 0.05) is 6.42 Å². The van der Waals surface area contributed by atoms with E-state index in [-0.39, 0.29) is 6.42 Å². The lowest BCUT2D eigenvalue weighted by atomic mass is 9.99. The summed E-state index contributed by atoms with van der Waals surface area (Å²) >= 11 is 0. The van der Waals surface area contributed by atoms with E-state index >= 15 is 0 Å². The predicted octanol–water partition coefficient (Wildman–Crippen LogP) is -0.615. The van der Waals surface area contributed by atoms with Gasteiger partial charge in [0.25, 0.3) is 0 Å². The third kappa shape index (κ3) is 1.85. The molecular weight excluding hydrogens is 190 g/mol. The molecule has 80 valence electrons. The highest BCUT2D eigenvalue weighted by atomic mass is 16.7. The predicted molar refractivity (Wildman–Crippen MR) is 45.1 cm³/mol. The average molecular weight is 203 g/mol. The molecule has 0 saturated carbocycles. The monoisotopic (exact) mass is 203 g/mol. The van der Waals surface area contributed by atoms with Gasteiger partial charge in [-0.25, -0.2) is 4.79 Å². The number of hydrogen-bond donors (Lipinski definition) is 1. The van der Waals surface area contributed by atoms with Crippen LogP contribution in [0.15, 0.2) is 0 Å². The van der Waals surface area contributed by atoms with Crippen LogP contribution in [0.5, 0.6) is 0 Å². The molecule has 6 nitrogen and oxygen atoms in total. The number of hydrogen-bond acceptors (Lipinski definition) is 6. The van der Waals surface area contributed by atoms with Crippen molar-refractivity contribution in [1.29, 1.82) is 0 Å². The van der Waals surface area contributed by atoms with Gasteiger partial charge in [-0.3, -0.25) is 9.63 Å². The first-order valence-corrected chi connectivity index (χ1v) is 4.13. The summed E-state index contributed by atoms with van der Waals surface area (Å²) in [6.45, 7) is 1.55. The Kier molecular flexibility index (Phi) is 3.07.